The maximum atomic E-state index is 6.23. The molecular formula is C18H23N6S+. The molecule has 1 aliphatic rings. The van der Waals surface area contributed by atoms with Crippen molar-refractivity contribution in [1.82, 2.24) is 15.1 Å². The summed E-state index contributed by atoms with van der Waals surface area (Å²) in [6.45, 7) is 2.76. The number of amidine groups is 1. The van der Waals surface area contributed by atoms with Crippen LogP contribution in [0.2, 0.25) is 0 Å². The molecular weight excluding hydrogens is 332 g/mol. The second-order valence-corrected chi connectivity index (χ2v) is 7.57. The van der Waals surface area contributed by atoms with Gasteiger partial charge < -0.3 is 11.1 Å². The monoisotopic (exact) mass is 355 g/mol. The van der Waals surface area contributed by atoms with Crippen molar-refractivity contribution < 1.29 is 4.57 Å². The third-order valence-electron chi connectivity index (χ3n) is 4.57. The first kappa shape index (κ1) is 16.2. The van der Waals surface area contributed by atoms with Gasteiger partial charge in [-0.2, -0.15) is 5.10 Å². The molecule has 130 valence electrons. The smallest absolute Gasteiger partial charge is 0.194 e. The lowest BCUT2D eigenvalue weighted by Crippen LogP contribution is -2.34. The molecule has 3 aromatic heterocycles. The standard InChI is InChI=1S/C18H23N6S/c1-23-6-4-13-8-21-24(17(13)11-23)10-16-7-14(12-25-16)18(19)22-15-3-2-5-20-9-15/h4,6-8,11-12,15,20H,2-3,5,9-10H2,1H3,(H2,19,22)/q+1. The molecule has 0 radical (unpaired) electrons. The third-order valence-corrected chi connectivity index (χ3v) is 5.49. The fourth-order valence-corrected chi connectivity index (χ4v) is 4.06. The normalized spacial score (nSPS) is 18.8. The highest BCUT2D eigenvalue weighted by Crippen LogP contribution is 2.19. The molecule has 0 amide bonds. The number of nitrogens with one attached hydrogen (secondary N) is 1. The molecule has 0 aliphatic carbocycles. The molecule has 6 nitrogen and oxygen atoms in total. The molecule has 1 fully saturated rings. The van der Waals surface area contributed by atoms with Crippen LogP contribution in [0.1, 0.15) is 23.3 Å². The van der Waals surface area contributed by atoms with Gasteiger partial charge in [0.2, 0.25) is 0 Å². The molecule has 1 saturated heterocycles. The van der Waals surface area contributed by atoms with Gasteiger partial charge >= 0.3 is 0 Å². The Morgan fingerprint density at radius 1 is 1.56 bits per heavy atom. The van der Waals surface area contributed by atoms with Crippen molar-refractivity contribution in [3.63, 3.8) is 0 Å². The van der Waals surface area contributed by atoms with E-state index in [2.05, 4.69) is 34.1 Å². The van der Waals surface area contributed by atoms with Gasteiger partial charge in [0, 0.05) is 33.8 Å². The molecule has 4 heterocycles. The molecule has 25 heavy (non-hydrogen) atoms. The predicted octanol–water partition coefficient (Wildman–Crippen LogP) is 1.43. The lowest BCUT2D eigenvalue weighted by atomic mass is 10.1. The number of rotatable bonds is 4. The molecule has 0 bridgehead atoms. The number of aryl methyl sites for hydroxylation is 1. The number of pyridine rings is 1. The van der Waals surface area contributed by atoms with E-state index in [4.69, 9.17) is 10.7 Å². The average Bonchev–Trinajstić information content (AvgIpc) is 3.24. The van der Waals surface area contributed by atoms with Gasteiger partial charge in [0.15, 0.2) is 12.4 Å². The number of thiophene rings is 1. The fraction of sp³-hybridized carbons (Fsp3) is 0.389. The number of hydrogen-bond acceptors (Lipinski definition) is 4. The minimum absolute atomic E-state index is 0.298. The van der Waals surface area contributed by atoms with Crippen LogP contribution in [0, 0.1) is 0 Å². The minimum Gasteiger partial charge on any atom is -0.383 e. The second kappa shape index (κ2) is 6.93. The molecule has 1 aliphatic heterocycles. The Labute approximate surface area is 151 Å². The summed E-state index contributed by atoms with van der Waals surface area (Å²) < 4.78 is 4.08. The van der Waals surface area contributed by atoms with Crippen LogP contribution < -0.4 is 15.6 Å². The molecule has 1 atom stereocenters. The van der Waals surface area contributed by atoms with Crippen LogP contribution >= 0.6 is 11.3 Å². The van der Waals surface area contributed by atoms with E-state index in [9.17, 15) is 0 Å². The van der Waals surface area contributed by atoms with E-state index in [0.717, 1.165) is 42.5 Å². The van der Waals surface area contributed by atoms with Crippen LogP contribution in [0.3, 0.4) is 0 Å². The van der Waals surface area contributed by atoms with Crippen molar-refractivity contribution in [2.75, 3.05) is 13.1 Å². The van der Waals surface area contributed by atoms with Gasteiger partial charge in [-0.1, -0.05) is 0 Å². The summed E-state index contributed by atoms with van der Waals surface area (Å²) in [4.78, 5) is 5.92. The van der Waals surface area contributed by atoms with Crippen LogP contribution in [-0.4, -0.2) is 34.7 Å². The molecule has 0 aromatic carbocycles. The first-order valence-electron chi connectivity index (χ1n) is 8.61. The first-order chi connectivity index (χ1) is 12.2. The largest absolute Gasteiger partial charge is 0.383 e. The van der Waals surface area contributed by atoms with E-state index in [1.807, 2.05) is 28.7 Å². The van der Waals surface area contributed by atoms with Gasteiger partial charge in [0.25, 0.3) is 0 Å². The molecule has 0 spiro atoms. The van der Waals surface area contributed by atoms with E-state index in [-0.39, 0.29) is 0 Å². The Balaban J connectivity index is 1.52. The molecule has 4 rings (SSSR count). The predicted molar refractivity (Wildman–Crippen MR) is 101 cm³/mol. The highest BCUT2D eigenvalue weighted by molar-refractivity contribution is 7.10. The zero-order valence-electron chi connectivity index (χ0n) is 14.4. The number of nitrogens with two attached hydrogens (primary N) is 1. The number of piperidine rings is 1. The van der Waals surface area contributed by atoms with Crippen LogP contribution in [-0.2, 0) is 13.6 Å². The van der Waals surface area contributed by atoms with Gasteiger partial charge in [-0.05, 0) is 25.5 Å². The molecule has 7 heteroatoms. The van der Waals surface area contributed by atoms with Crippen molar-refractivity contribution in [2.45, 2.75) is 25.4 Å². The Morgan fingerprint density at radius 2 is 2.48 bits per heavy atom. The van der Waals surface area contributed by atoms with Crippen molar-refractivity contribution in [3.8, 4) is 0 Å². The molecule has 3 aromatic rings. The van der Waals surface area contributed by atoms with Crippen molar-refractivity contribution in [1.29, 1.82) is 0 Å². The van der Waals surface area contributed by atoms with Crippen molar-refractivity contribution in [3.05, 3.63) is 46.5 Å². The quantitative estimate of drug-likeness (QED) is 0.422. The zero-order valence-corrected chi connectivity index (χ0v) is 15.2. The highest BCUT2D eigenvalue weighted by Gasteiger charge is 2.14. The fourth-order valence-electron chi connectivity index (χ4n) is 3.20. The Morgan fingerprint density at radius 3 is 3.32 bits per heavy atom. The summed E-state index contributed by atoms with van der Waals surface area (Å²) in [6, 6.07) is 4.52. The van der Waals surface area contributed by atoms with Gasteiger partial charge in [0.1, 0.15) is 18.4 Å². The van der Waals surface area contributed by atoms with Crippen molar-refractivity contribution in [2.24, 2.45) is 17.8 Å². The van der Waals surface area contributed by atoms with Crippen LogP contribution in [0.15, 0.2) is 41.1 Å². The van der Waals surface area contributed by atoms with E-state index >= 15 is 0 Å². The highest BCUT2D eigenvalue weighted by atomic mass is 32.1. The summed E-state index contributed by atoms with van der Waals surface area (Å²) in [6.07, 6.45) is 8.33. The number of nitrogens with zero attached hydrogens (tertiary/aromatic N) is 4. The van der Waals surface area contributed by atoms with Crippen LogP contribution in [0.5, 0.6) is 0 Å². The lowest BCUT2D eigenvalue weighted by Gasteiger charge is -2.19. The van der Waals surface area contributed by atoms with Crippen LogP contribution in [0.4, 0.5) is 0 Å². The molecule has 3 N–H and O–H groups in total. The van der Waals surface area contributed by atoms with Crippen LogP contribution in [0.25, 0.3) is 10.9 Å². The summed E-state index contributed by atoms with van der Waals surface area (Å²) in [5, 5.41) is 11.1. The van der Waals surface area contributed by atoms with Gasteiger partial charge in [-0.15, -0.1) is 11.3 Å². The van der Waals surface area contributed by atoms with E-state index in [1.165, 1.54) is 11.3 Å². The first-order valence-corrected chi connectivity index (χ1v) is 9.49. The summed E-state index contributed by atoms with van der Waals surface area (Å²) >= 11 is 1.71. The SMILES string of the molecule is C[n+]1ccc2cnn(Cc3cc(C(N)=NC4CCCNC4)cs3)c2c1. The van der Waals surface area contributed by atoms with E-state index < -0.39 is 0 Å². The van der Waals surface area contributed by atoms with E-state index in [0.29, 0.717) is 11.9 Å². The Kier molecular flexibility index (Phi) is 4.50. The molecule has 0 saturated carbocycles. The summed E-state index contributed by atoms with van der Waals surface area (Å²) in [5.74, 6) is 0.646. The maximum absolute atomic E-state index is 6.23. The summed E-state index contributed by atoms with van der Waals surface area (Å²) in [7, 11) is 2.03. The zero-order chi connectivity index (χ0) is 17.2. The number of hydrogen-bond donors (Lipinski definition) is 2. The van der Waals surface area contributed by atoms with Crippen molar-refractivity contribution >= 4 is 28.1 Å². The minimum atomic E-state index is 0.298. The Hall–Kier alpha value is -2.25. The molecule has 1 unspecified atom stereocenters. The third kappa shape index (κ3) is 3.57. The Bertz CT molecular complexity index is 903. The number of fused-ring (bicyclic) bond motifs is 1. The summed E-state index contributed by atoms with van der Waals surface area (Å²) in [5.41, 5.74) is 8.38. The van der Waals surface area contributed by atoms with Gasteiger partial charge in [-0.3, -0.25) is 9.67 Å². The topological polar surface area (TPSA) is 72.1 Å². The lowest BCUT2D eigenvalue weighted by molar-refractivity contribution is -0.670. The maximum Gasteiger partial charge on any atom is 0.194 e. The average molecular weight is 355 g/mol. The van der Waals surface area contributed by atoms with E-state index in [1.54, 1.807) is 11.3 Å². The number of aromatic nitrogens is 3. The second-order valence-electron chi connectivity index (χ2n) is 6.57. The van der Waals surface area contributed by atoms with Gasteiger partial charge in [-0.25, -0.2) is 4.57 Å². The van der Waals surface area contributed by atoms with Gasteiger partial charge in [0.05, 0.1) is 18.8 Å². The number of aliphatic imine (C=N–C) groups is 1.